The van der Waals surface area contributed by atoms with Crippen LogP contribution in [0, 0.1) is 0 Å². The maximum absolute atomic E-state index is 6.07. The quantitative estimate of drug-likeness (QED) is 0.696. The van der Waals surface area contributed by atoms with Gasteiger partial charge in [-0.3, -0.25) is 0 Å². The SMILES string of the molecule is COc1ccc2ccc(Cl)nc2c1Cl. The number of aromatic nitrogens is 1. The van der Waals surface area contributed by atoms with Gasteiger partial charge >= 0.3 is 0 Å². The molecule has 0 fully saturated rings. The van der Waals surface area contributed by atoms with E-state index < -0.39 is 0 Å². The average Bonchev–Trinajstić information content (AvgIpc) is 2.20. The molecule has 0 saturated heterocycles. The molecule has 0 radical (unpaired) electrons. The summed E-state index contributed by atoms with van der Waals surface area (Å²) < 4.78 is 5.08. The number of halogens is 2. The molecule has 1 aromatic heterocycles. The number of hydrogen-bond acceptors (Lipinski definition) is 2. The van der Waals surface area contributed by atoms with Crippen molar-refractivity contribution in [2.24, 2.45) is 0 Å². The van der Waals surface area contributed by atoms with Gasteiger partial charge in [-0.05, 0) is 24.3 Å². The van der Waals surface area contributed by atoms with Gasteiger partial charge in [0.25, 0.3) is 0 Å². The molecule has 1 aromatic carbocycles. The number of nitrogens with zero attached hydrogens (tertiary/aromatic N) is 1. The van der Waals surface area contributed by atoms with E-state index in [0.29, 0.717) is 21.4 Å². The summed E-state index contributed by atoms with van der Waals surface area (Å²) in [5, 5.41) is 1.86. The highest BCUT2D eigenvalue weighted by Crippen LogP contribution is 2.31. The summed E-state index contributed by atoms with van der Waals surface area (Å²) in [4.78, 5) is 4.14. The van der Waals surface area contributed by atoms with Crippen LogP contribution >= 0.6 is 23.2 Å². The lowest BCUT2D eigenvalue weighted by atomic mass is 10.2. The van der Waals surface area contributed by atoms with Gasteiger partial charge in [-0.2, -0.15) is 0 Å². The summed E-state index contributed by atoms with van der Waals surface area (Å²) in [6.07, 6.45) is 0. The van der Waals surface area contributed by atoms with Crippen molar-refractivity contribution in [1.82, 2.24) is 4.98 Å². The highest BCUT2D eigenvalue weighted by molar-refractivity contribution is 6.37. The number of pyridine rings is 1. The number of methoxy groups -OCH3 is 1. The molecule has 4 heteroatoms. The lowest BCUT2D eigenvalue weighted by Gasteiger charge is -2.05. The number of rotatable bonds is 1. The van der Waals surface area contributed by atoms with Gasteiger partial charge < -0.3 is 4.74 Å². The first kappa shape index (κ1) is 9.56. The van der Waals surface area contributed by atoms with Crippen molar-refractivity contribution in [2.45, 2.75) is 0 Å². The molecule has 0 N–H and O–H groups in total. The van der Waals surface area contributed by atoms with Crippen molar-refractivity contribution in [3.05, 3.63) is 34.4 Å². The van der Waals surface area contributed by atoms with E-state index in [1.807, 2.05) is 12.1 Å². The minimum atomic E-state index is 0.424. The molecule has 0 bridgehead atoms. The third-order valence-electron chi connectivity index (χ3n) is 1.95. The Morgan fingerprint density at radius 2 is 1.86 bits per heavy atom. The van der Waals surface area contributed by atoms with Crippen LogP contribution in [0.25, 0.3) is 10.9 Å². The molecular formula is C10H7Cl2NO. The van der Waals surface area contributed by atoms with E-state index in [2.05, 4.69) is 4.98 Å². The van der Waals surface area contributed by atoms with E-state index in [4.69, 9.17) is 27.9 Å². The van der Waals surface area contributed by atoms with Gasteiger partial charge in [-0.15, -0.1) is 0 Å². The van der Waals surface area contributed by atoms with E-state index in [0.717, 1.165) is 5.39 Å². The Morgan fingerprint density at radius 1 is 1.14 bits per heavy atom. The van der Waals surface area contributed by atoms with Crippen LogP contribution in [-0.4, -0.2) is 12.1 Å². The third kappa shape index (κ3) is 1.51. The number of benzene rings is 1. The van der Waals surface area contributed by atoms with Gasteiger partial charge in [0.05, 0.1) is 12.6 Å². The van der Waals surface area contributed by atoms with Crippen molar-refractivity contribution < 1.29 is 4.74 Å². The Morgan fingerprint density at radius 3 is 2.57 bits per heavy atom. The van der Waals surface area contributed by atoms with Gasteiger partial charge in [-0.25, -0.2) is 4.98 Å². The molecular weight excluding hydrogens is 221 g/mol. The van der Waals surface area contributed by atoms with Crippen LogP contribution in [0.5, 0.6) is 5.75 Å². The average molecular weight is 228 g/mol. The van der Waals surface area contributed by atoms with E-state index in [1.54, 1.807) is 19.2 Å². The standard InChI is InChI=1S/C10H7Cl2NO/c1-14-7-4-2-6-3-5-8(11)13-10(6)9(7)12/h2-5H,1H3. The van der Waals surface area contributed by atoms with E-state index in [1.165, 1.54) is 0 Å². The Bertz CT molecular complexity index is 485. The zero-order chi connectivity index (χ0) is 10.1. The second kappa shape index (κ2) is 3.64. The first-order valence-corrected chi connectivity index (χ1v) is 4.76. The molecule has 0 aliphatic carbocycles. The fraction of sp³-hybridized carbons (Fsp3) is 0.100. The Balaban J connectivity index is 2.79. The molecule has 0 saturated carbocycles. The van der Waals surface area contributed by atoms with Crippen LogP contribution in [-0.2, 0) is 0 Å². The molecule has 2 rings (SSSR count). The van der Waals surface area contributed by atoms with E-state index >= 15 is 0 Å². The fourth-order valence-electron chi connectivity index (χ4n) is 1.27. The molecule has 0 unspecified atom stereocenters. The summed E-state index contributed by atoms with van der Waals surface area (Å²) in [6.45, 7) is 0. The second-order valence-corrected chi connectivity index (χ2v) is 3.55. The van der Waals surface area contributed by atoms with Crippen LogP contribution in [0.15, 0.2) is 24.3 Å². The van der Waals surface area contributed by atoms with E-state index in [9.17, 15) is 0 Å². The monoisotopic (exact) mass is 227 g/mol. The lowest BCUT2D eigenvalue weighted by Crippen LogP contribution is -1.87. The summed E-state index contributed by atoms with van der Waals surface area (Å²) in [5.74, 6) is 0.605. The lowest BCUT2D eigenvalue weighted by molar-refractivity contribution is 0.415. The molecule has 2 aromatic rings. The molecule has 0 atom stereocenters. The van der Waals surface area contributed by atoms with Crippen molar-refractivity contribution in [2.75, 3.05) is 7.11 Å². The van der Waals surface area contributed by atoms with Gasteiger partial charge in [0.15, 0.2) is 0 Å². The zero-order valence-corrected chi connectivity index (χ0v) is 8.93. The molecule has 14 heavy (non-hydrogen) atoms. The Hall–Kier alpha value is -0.990. The number of ether oxygens (including phenoxy) is 1. The van der Waals surface area contributed by atoms with E-state index in [-0.39, 0.29) is 0 Å². The molecule has 0 aliphatic rings. The second-order valence-electron chi connectivity index (χ2n) is 2.79. The highest BCUT2D eigenvalue weighted by Gasteiger charge is 2.07. The van der Waals surface area contributed by atoms with Gasteiger partial charge in [-0.1, -0.05) is 23.2 Å². The summed E-state index contributed by atoms with van der Waals surface area (Å²) in [7, 11) is 1.57. The first-order chi connectivity index (χ1) is 6.72. The number of fused-ring (bicyclic) bond motifs is 1. The Labute approximate surface area is 91.4 Å². The molecule has 0 spiro atoms. The van der Waals surface area contributed by atoms with Crippen LogP contribution < -0.4 is 4.74 Å². The molecule has 72 valence electrons. The van der Waals surface area contributed by atoms with Crippen molar-refractivity contribution in [3.8, 4) is 5.75 Å². The normalized spacial score (nSPS) is 10.5. The smallest absolute Gasteiger partial charge is 0.139 e. The van der Waals surface area contributed by atoms with Crippen molar-refractivity contribution >= 4 is 34.1 Å². The highest BCUT2D eigenvalue weighted by atomic mass is 35.5. The van der Waals surface area contributed by atoms with Crippen LogP contribution in [0.3, 0.4) is 0 Å². The predicted molar refractivity (Wildman–Crippen MR) is 58.3 cm³/mol. The summed E-state index contributed by atoms with van der Waals surface area (Å²) >= 11 is 11.8. The minimum Gasteiger partial charge on any atom is -0.495 e. The maximum Gasteiger partial charge on any atom is 0.139 e. The summed E-state index contributed by atoms with van der Waals surface area (Å²) in [5.41, 5.74) is 0.665. The van der Waals surface area contributed by atoms with Crippen LogP contribution in [0.4, 0.5) is 0 Å². The van der Waals surface area contributed by atoms with Gasteiger partial charge in [0.1, 0.15) is 15.9 Å². The Kier molecular flexibility index (Phi) is 2.48. The van der Waals surface area contributed by atoms with Crippen LogP contribution in [0.2, 0.25) is 10.2 Å². The minimum absolute atomic E-state index is 0.424. The molecule has 2 nitrogen and oxygen atoms in total. The topological polar surface area (TPSA) is 22.1 Å². The van der Waals surface area contributed by atoms with Crippen molar-refractivity contribution in [3.63, 3.8) is 0 Å². The zero-order valence-electron chi connectivity index (χ0n) is 7.42. The number of hydrogen-bond donors (Lipinski definition) is 0. The molecule has 0 amide bonds. The fourth-order valence-corrected chi connectivity index (χ4v) is 1.71. The predicted octanol–water partition coefficient (Wildman–Crippen LogP) is 3.55. The largest absolute Gasteiger partial charge is 0.495 e. The molecule has 0 aliphatic heterocycles. The van der Waals surface area contributed by atoms with Crippen molar-refractivity contribution in [1.29, 1.82) is 0 Å². The maximum atomic E-state index is 6.07. The van der Waals surface area contributed by atoms with Crippen LogP contribution in [0.1, 0.15) is 0 Å². The third-order valence-corrected chi connectivity index (χ3v) is 2.53. The first-order valence-electron chi connectivity index (χ1n) is 4.01. The van der Waals surface area contributed by atoms with Gasteiger partial charge in [0, 0.05) is 5.39 Å². The van der Waals surface area contributed by atoms with Gasteiger partial charge in [0.2, 0.25) is 0 Å². The molecule has 1 heterocycles. The summed E-state index contributed by atoms with van der Waals surface area (Å²) in [6, 6.07) is 7.30.